The molecule has 5 unspecified atom stereocenters. The van der Waals surface area contributed by atoms with Crippen molar-refractivity contribution in [3.63, 3.8) is 0 Å². The van der Waals surface area contributed by atoms with Crippen LogP contribution in [0.5, 0.6) is 0 Å². The van der Waals surface area contributed by atoms with E-state index in [0.29, 0.717) is 6.04 Å². The van der Waals surface area contributed by atoms with Crippen molar-refractivity contribution in [1.82, 2.24) is 0 Å². The fourth-order valence-corrected chi connectivity index (χ4v) is 7.59. The number of anilines is 1. The molecule has 4 rings (SSSR count). The molecule has 3 fully saturated rings. The third kappa shape index (κ3) is 2.21. The van der Waals surface area contributed by atoms with Crippen molar-refractivity contribution in [3.05, 3.63) is 25.6 Å². The molecule has 1 aromatic rings. The Bertz CT molecular complexity index is 522. The van der Waals surface area contributed by atoms with Crippen molar-refractivity contribution in [2.45, 2.75) is 38.1 Å². The first-order valence-electron chi connectivity index (χ1n) is 7.54. The van der Waals surface area contributed by atoms with Gasteiger partial charge in [-0.2, -0.15) is 0 Å². The average molecular weight is 464 g/mol. The summed E-state index contributed by atoms with van der Waals surface area (Å²) in [6, 6.07) is 4.92. The highest BCUT2D eigenvalue weighted by molar-refractivity contribution is 9.11. The molecule has 0 spiro atoms. The van der Waals surface area contributed by atoms with Crippen molar-refractivity contribution in [2.75, 3.05) is 5.32 Å². The summed E-state index contributed by atoms with van der Waals surface area (Å²) < 4.78 is 3.39. The molecular formula is C16H18Br3N. The molecule has 108 valence electrons. The van der Waals surface area contributed by atoms with Gasteiger partial charge in [0.2, 0.25) is 0 Å². The highest BCUT2D eigenvalue weighted by Crippen LogP contribution is 2.59. The van der Waals surface area contributed by atoms with Gasteiger partial charge in [0.15, 0.2) is 0 Å². The van der Waals surface area contributed by atoms with E-state index in [1.165, 1.54) is 37.8 Å². The van der Waals surface area contributed by atoms with Gasteiger partial charge in [0.05, 0.1) is 5.69 Å². The lowest BCUT2D eigenvalue weighted by molar-refractivity contribution is 0.243. The summed E-state index contributed by atoms with van der Waals surface area (Å²) in [5.41, 5.74) is 1.22. The van der Waals surface area contributed by atoms with Crippen molar-refractivity contribution in [3.8, 4) is 0 Å². The predicted molar refractivity (Wildman–Crippen MR) is 94.0 cm³/mol. The SMILES string of the molecule is Brc1cc(Br)c(NC2CC3CC2C2CCCC32)c(Br)c1. The molecule has 0 saturated heterocycles. The second-order valence-electron chi connectivity index (χ2n) is 6.65. The van der Waals surface area contributed by atoms with Crippen LogP contribution in [0.2, 0.25) is 0 Å². The first-order valence-corrected chi connectivity index (χ1v) is 9.92. The van der Waals surface area contributed by atoms with Crippen LogP contribution in [0.3, 0.4) is 0 Å². The Morgan fingerprint density at radius 3 is 2.35 bits per heavy atom. The molecule has 3 saturated carbocycles. The van der Waals surface area contributed by atoms with E-state index in [4.69, 9.17) is 0 Å². The van der Waals surface area contributed by atoms with Crippen LogP contribution < -0.4 is 5.32 Å². The standard InChI is InChI=1S/C16H18Br3N/c17-9-6-13(18)16(14(19)7-9)20-15-5-8-4-12(15)11-3-1-2-10(8)11/h6-8,10-12,15,20H,1-5H2. The fourth-order valence-electron chi connectivity index (χ4n) is 5.10. The summed E-state index contributed by atoms with van der Waals surface area (Å²) in [4.78, 5) is 0. The Morgan fingerprint density at radius 2 is 1.60 bits per heavy atom. The van der Waals surface area contributed by atoms with Crippen molar-refractivity contribution in [1.29, 1.82) is 0 Å². The number of rotatable bonds is 2. The molecule has 3 aliphatic carbocycles. The smallest absolute Gasteiger partial charge is 0.0632 e. The van der Waals surface area contributed by atoms with Gasteiger partial charge in [-0.25, -0.2) is 0 Å². The van der Waals surface area contributed by atoms with E-state index >= 15 is 0 Å². The molecule has 20 heavy (non-hydrogen) atoms. The van der Waals surface area contributed by atoms with Gasteiger partial charge in [-0.3, -0.25) is 0 Å². The number of nitrogens with one attached hydrogen (secondary N) is 1. The van der Waals surface area contributed by atoms with Crippen LogP contribution in [0.15, 0.2) is 25.6 Å². The molecule has 5 atom stereocenters. The summed E-state index contributed by atoms with van der Waals surface area (Å²) in [6.45, 7) is 0. The van der Waals surface area contributed by atoms with Crippen molar-refractivity contribution in [2.24, 2.45) is 23.7 Å². The van der Waals surface area contributed by atoms with Gasteiger partial charge in [0, 0.05) is 19.5 Å². The minimum absolute atomic E-state index is 0.674. The lowest BCUT2D eigenvalue weighted by Gasteiger charge is -2.33. The number of benzene rings is 1. The Labute approximate surface area is 145 Å². The zero-order chi connectivity index (χ0) is 13.9. The van der Waals surface area contributed by atoms with Crippen LogP contribution in [-0.2, 0) is 0 Å². The molecule has 1 N–H and O–H groups in total. The monoisotopic (exact) mass is 461 g/mol. The minimum Gasteiger partial charge on any atom is -0.380 e. The molecule has 0 heterocycles. The van der Waals surface area contributed by atoms with Gasteiger partial charge in [0.25, 0.3) is 0 Å². The maximum absolute atomic E-state index is 3.83. The largest absolute Gasteiger partial charge is 0.380 e. The van der Waals surface area contributed by atoms with E-state index in [1.807, 2.05) is 0 Å². The van der Waals surface area contributed by atoms with Gasteiger partial charge < -0.3 is 5.32 Å². The maximum Gasteiger partial charge on any atom is 0.0632 e. The van der Waals surface area contributed by atoms with Crippen LogP contribution in [0.25, 0.3) is 0 Å². The lowest BCUT2D eigenvalue weighted by Crippen LogP contribution is -2.34. The van der Waals surface area contributed by atoms with Gasteiger partial charge >= 0.3 is 0 Å². The van der Waals surface area contributed by atoms with E-state index in [2.05, 4.69) is 65.2 Å². The van der Waals surface area contributed by atoms with E-state index in [-0.39, 0.29) is 0 Å². The summed E-state index contributed by atoms with van der Waals surface area (Å²) in [6.07, 6.45) is 7.30. The predicted octanol–water partition coefficient (Wildman–Crippen LogP) is 6.21. The molecule has 0 amide bonds. The number of hydrogen-bond acceptors (Lipinski definition) is 1. The molecule has 0 radical (unpaired) electrons. The Balaban J connectivity index is 1.56. The topological polar surface area (TPSA) is 12.0 Å². The normalized spacial score (nSPS) is 38.2. The first kappa shape index (κ1) is 14.1. The number of halogens is 3. The van der Waals surface area contributed by atoms with Gasteiger partial charge in [0.1, 0.15) is 0 Å². The molecule has 4 heteroatoms. The fraction of sp³-hybridized carbons (Fsp3) is 0.625. The third-order valence-corrected chi connectivity index (χ3v) is 7.47. The molecule has 0 aromatic heterocycles. The van der Waals surface area contributed by atoms with Crippen LogP contribution in [0.4, 0.5) is 5.69 Å². The summed E-state index contributed by atoms with van der Waals surface area (Å²) in [5, 5.41) is 3.83. The van der Waals surface area contributed by atoms with Gasteiger partial charge in [-0.1, -0.05) is 22.4 Å². The average Bonchev–Trinajstić information content (AvgIpc) is 3.05. The molecular weight excluding hydrogens is 446 g/mol. The molecule has 1 aromatic carbocycles. The highest BCUT2D eigenvalue weighted by atomic mass is 79.9. The second kappa shape index (κ2) is 5.27. The van der Waals surface area contributed by atoms with Crippen molar-refractivity contribution < 1.29 is 0 Å². The quantitative estimate of drug-likeness (QED) is 0.549. The lowest BCUT2D eigenvalue weighted by atomic mass is 9.79. The highest BCUT2D eigenvalue weighted by Gasteiger charge is 2.53. The number of fused-ring (bicyclic) bond motifs is 5. The summed E-state index contributed by atoms with van der Waals surface area (Å²) >= 11 is 10.9. The van der Waals surface area contributed by atoms with Gasteiger partial charge in [-0.05, 0) is 93.3 Å². The summed E-state index contributed by atoms with van der Waals surface area (Å²) in [5.74, 6) is 3.99. The zero-order valence-electron chi connectivity index (χ0n) is 11.2. The molecule has 0 aliphatic heterocycles. The Hall–Kier alpha value is 0.460. The molecule has 2 bridgehead atoms. The Morgan fingerprint density at radius 1 is 0.900 bits per heavy atom. The Kier molecular flexibility index (Phi) is 3.71. The number of hydrogen-bond donors (Lipinski definition) is 1. The van der Waals surface area contributed by atoms with Crippen LogP contribution in [0, 0.1) is 23.7 Å². The third-order valence-electron chi connectivity index (χ3n) is 5.77. The minimum atomic E-state index is 0.674. The zero-order valence-corrected chi connectivity index (χ0v) is 16.0. The van der Waals surface area contributed by atoms with E-state index in [9.17, 15) is 0 Å². The van der Waals surface area contributed by atoms with E-state index in [0.717, 1.165) is 37.1 Å². The molecule has 3 aliphatic rings. The van der Waals surface area contributed by atoms with Crippen molar-refractivity contribution >= 4 is 53.5 Å². The van der Waals surface area contributed by atoms with E-state index in [1.54, 1.807) is 0 Å². The van der Waals surface area contributed by atoms with Crippen LogP contribution in [0.1, 0.15) is 32.1 Å². The maximum atomic E-state index is 3.83. The van der Waals surface area contributed by atoms with Crippen LogP contribution in [-0.4, -0.2) is 6.04 Å². The first-order chi connectivity index (χ1) is 9.63. The van der Waals surface area contributed by atoms with Crippen LogP contribution >= 0.6 is 47.8 Å². The van der Waals surface area contributed by atoms with E-state index < -0.39 is 0 Å². The van der Waals surface area contributed by atoms with Gasteiger partial charge in [-0.15, -0.1) is 0 Å². The second-order valence-corrected chi connectivity index (χ2v) is 9.27. The summed E-state index contributed by atoms with van der Waals surface area (Å²) in [7, 11) is 0. The molecule has 1 nitrogen and oxygen atoms in total.